The van der Waals surface area contributed by atoms with E-state index in [9.17, 15) is 0 Å². The molecule has 0 radical (unpaired) electrons. The zero-order valence-corrected chi connectivity index (χ0v) is 8.29. The Balaban J connectivity index is 2.74. The van der Waals surface area contributed by atoms with Crippen LogP contribution in [0.5, 0.6) is 0 Å². The topological polar surface area (TPSA) is 15.3 Å². The molecule has 0 saturated heterocycles. The van der Waals surface area contributed by atoms with Gasteiger partial charge in [-0.1, -0.05) is 26.8 Å². The maximum absolute atomic E-state index is 3.09. The number of halogens is 1. The zero-order chi connectivity index (χ0) is 7.40. The normalized spacial score (nSPS) is 21.4. The van der Waals surface area contributed by atoms with Gasteiger partial charge in [0.1, 0.15) is 0 Å². The molecule has 0 aromatic rings. The van der Waals surface area contributed by atoms with Crippen molar-refractivity contribution in [2.75, 3.05) is 7.05 Å². The summed E-state index contributed by atoms with van der Waals surface area (Å²) in [5.41, 5.74) is 4.32. The third-order valence-electron chi connectivity index (χ3n) is 1.28. The second-order valence-corrected chi connectivity index (χ2v) is 3.82. The molecule has 0 saturated carbocycles. The van der Waals surface area contributed by atoms with Crippen LogP contribution in [0.25, 0.3) is 0 Å². The number of rotatable bonds is 1. The fraction of sp³-hybridized carbons (Fsp3) is 0.286. The molecule has 0 atom stereocenters. The Morgan fingerprint density at radius 2 is 2.50 bits per heavy atom. The zero-order valence-electron chi connectivity index (χ0n) is 6.13. The number of hydrazine groups is 1. The monoisotopic (exact) mass is 250 g/mol. The van der Waals surface area contributed by atoms with Crippen molar-refractivity contribution in [3.05, 3.63) is 21.9 Å². The molecular formula is C7H11IN2. The first-order valence-corrected chi connectivity index (χ1v) is 5.62. The standard InChI is InChI=1S/C7H11IN2/c1-3-7-4-5-8-6-10(7)9-2/h3-6,9H,1-2H3. The average molecular weight is 250 g/mol. The number of nitrogens with zero attached hydrogens (tertiary/aromatic N) is 1. The second-order valence-electron chi connectivity index (χ2n) is 1.82. The lowest BCUT2D eigenvalue weighted by Gasteiger charge is -2.20. The Labute approximate surface area is 71.3 Å². The smallest absolute Gasteiger partial charge is 0.0545 e. The van der Waals surface area contributed by atoms with Crippen molar-refractivity contribution in [1.29, 1.82) is 0 Å². The van der Waals surface area contributed by atoms with E-state index < -0.39 is 0 Å². The van der Waals surface area contributed by atoms with Gasteiger partial charge in [-0.05, 0) is 17.1 Å². The van der Waals surface area contributed by atoms with E-state index in [4.69, 9.17) is 0 Å². The highest BCUT2D eigenvalue weighted by atomic mass is 127. The lowest BCUT2D eigenvalue weighted by Crippen LogP contribution is -2.32. The van der Waals surface area contributed by atoms with Crippen molar-refractivity contribution in [2.24, 2.45) is 0 Å². The molecule has 3 heteroatoms. The van der Waals surface area contributed by atoms with Crippen LogP contribution in [-0.4, -0.2) is 16.2 Å². The van der Waals surface area contributed by atoms with Crippen LogP contribution in [0.2, 0.25) is 0 Å². The predicted octanol–water partition coefficient (Wildman–Crippen LogP) is 1.58. The molecule has 0 aromatic heterocycles. The minimum absolute atomic E-state index is 0.152. The minimum Gasteiger partial charge on any atom is -0.279 e. The largest absolute Gasteiger partial charge is 0.279 e. The molecule has 0 fully saturated rings. The van der Waals surface area contributed by atoms with Crippen LogP contribution >= 0.6 is 20.7 Å². The molecule has 1 rings (SSSR count). The Hall–Kier alpha value is -0.160. The van der Waals surface area contributed by atoms with E-state index in [1.165, 1.54) is 5.70 Å². The lowest BCUT2D eigenvalue weighted by molar-refractivity contribution is 0.448. The molecule has 56 valence electrons. The van der Waals surface area contributed by atoms with E-state index in [-0.39, 0.29) is 20.7 Å². The summed E-state index contributed by atoms with van der Waals surface area (Å²) in [5, 5.41) is 2.06. The predicted molar refractivity (Wildman–Crippen MR) is 53.9 cm³/mol. The molecule has 1 aliphatic heterocycles. The van der Waals surface area contributed by atoms with Crippen LogP contribution < -0.4 is 5.43 Å². The first-order valence-electron chi connectivity index (χ1n) is 3.13. The molecule has 0 aromatic carbocycles. The molecule has 10 heavy (non-hydrogen) atoms. The highest BCUT2D eigenvalue weighted by Crippen LogP contribution is 2.12. The lowest BCUT2D eigenvalue weighted by atomic mass is 10.4. The Morgan fingerprint density at radius 3 is 3.00 bits per heavy atom. The van der Waals surface area contributed by atoms with E-state index in [0.717, 1.165) is 0 Å². The minimum atomic E-state index is 0.152. The summed E-state index contributed by atoms with van der Waals surface area (Å²) in [6.07, 6.45) is 4.25. The van der Waals surface area contributed by atoms with Crippen molar-refractivity contribution >= 4 is 24.9 Å². The van der Waals surface area contributed by atoms with E-state index in [0.29, 0.717) is 0 Å². The maximum atomic E-state index is 3.09. The van der Waals surface area contributed by atoms with Crippen LogP contribution in [0.4, 0.5) is 0 Å². The summed E-state index contributed by atoms with van der Waals surface area (Å²) >= 11 is 0.152. The van der Waals surface area contributed by atoms with Gasteiger partial charge in [-0.25, -0.2) is 5.43 Å². The maximum Gasteiger partial charge on any atom is 0.0545 e. The van der Waals surface area contributed by atoms with Gasteiger partial charge in [0.2, 0.25) is 0 Å². The van der Waals surface area contributed by atoms with E-state index in [2.05, 4.69) is 30.8 Å². The number of hydrogen-bond donors (Lipinski definition) is 1. The van der Waals surface area contributed by atoms with Crippen LogP contribution in [0, 0.1) is 0 Å². The second kappa shape index (κ2) is 3.88. The Morgan fingerprint density at radius 1 is 1.70 bits per heavy atom. The highest BCUT2D eigenvalue weighted by molar-refractivity contribution is 14.2. The SMILES string of the molecule is CC=C1C=CI=CN1NC. The van der Waals surface area contributed by atoms with Gasteiger partial charge in [-0.3, -0.25) is 5.01 Å². The molecular weight excluding hydrogens is 239 g/mol. The van der Waals surface area contributed by atoms with Gasteiger partial charge in [-0.2, -0.15) is 0 Å². The summed E-state index contributed by atoms with van der Waals surface area (Å²) < 4.78 is 4.47. The number of hydrogen-bond acceptors (Lipinski definition) is 2. The van der Waals surface area contributed by atoms with Crippen LogP contribution in [0.15, 0.2) is 21.9 Å². The molecule has 1 N–H and O–H groups in total. The fourth-order valence-corrected chi connectivity index (χ4v) is 2.42. The average Bonchev–Trinajstić information content (AvgIpc) is 2.04. The van der Waals surface area contributed by atoms with Crippen LogP contribution in [0.1, 0.15) is 6.92 Å². The third kappa shape index (κ3) is 1.67. The summed E-state index contributed by atoms with van der Waals surface area (Å²) in [7, 11) is 1.93. The Kier molecular flexibility index (Phi) is 3.08. The summed E-state index contributed by atoms with van der Waals surface area (Å²) in [6.45, 7) is 2.04. The van der Waals surface area contributed by atoms with Crippen molar-refractivity contribution in [3.63, 3.8) is 0 Å². The molecule has 1 heterocycles. The van der Waals surface area contributed by atoms with Crippen LogP contribution in [0.3, 0.4) is 0 Å². The van der Waals surface area contributed by atoms with Gasteiger partial charge in [-0.15, -0.1) is 0 Å². The molecule has 0 spiro atoms. The van der Waals surface area contributed by atoms with E-state index >= 15 is 0 Å². The van der Waals surface area contributed by atoms with Gasteiger partial charge in [0.15, 0.2) is 0 Å². The third-order valence-corrected chi connectivity index (χ3v) is 2.93. The number of nitrogens with one attached hydrogen (secondary N) is 1. The van der Waals surface area contributed by atoms with E-state index in [1.54, 1.807) is 0 Å². The van der Waals surface area contributed by atoms with Crippen molar-refractivity contribution in [3.8, 4) is 0 Å². The quantitative estimate of drug-likeness (QED) is 0.711. The Bertz CT molecular complexity index is 194. The highest BCUT2D eigenvalue weighted by Gasteiger charge is 2.00. The van der Waals surface area contributed by atoms with Gasteiger partial charge in [0.25, 0.3) is 0 Å². The molecule has 0 unspecified atom stereocenters. The van der Waals surface area contributed by atoms with Gasteiger partial charge in [0.05, 0.1) is 9.83 Å². The van der Waals surface area contributed by atoms with Gasteiger partial charge < -0.3 is 0 Å². The van der Waals surface area contributed by atoms with Gasteiger partial charge >= 0.3 is 0 Å². The first kappa shape index (κ1) is 7.94. The number of allylic oxidation sites excluding steroid dienone is 2. The molecule has 0 bridgehead atoms. The molecule has 2 nitrogen and oxygen atoms in total. The molecule has 0 aliphatic carbocycles. The first-order chi connectivity index (χ1) is 4.88. The van der Waals surface area contributed by atoms with Gasteiger partial charge in [0, 0.05) is 7.05 Å². The summed E-state index contributed by atoms with van der Waals surface area (Å²) in [4.78, 5) is 0. The van der Waals surface area contributed by atoms with Crippen molar-refractivity contribution in [2.45, 2.75) is 6.92 Å². The van der Waals surface area contributed by atoms with E-state index in [1.807, 2.05) is 14.0 Å². The van der Waals surface area contributed by atoms with Crippen molar-refractivity contribution in [1.82, 2.24) is 10.4 Å². The molecule has 1 aliphatic rings. The summed E-state index contributed by atoms with van der Waals surface area (Å²) in [5.74, 6) is 0. The summed E-state index contributed by atoms with van der Waals surface area (Å²) in [6, 6.07) is 0. The molecule has 0 amide bonds. The van der Waals surface area contributed by atoms with Crippen LogP contribution in [-0.2, 0) is 0 Å². The van der Waals surface area contributed by atoms with Crippen molar-refractivity contribution < 1.29 is 0 Å². The fourth-order valence-electron chi connectivity index (χ4n) is 0.740.